The van der Waals surface area contributed by atoms with Gasteiger partial charge in [0.25, 0.3) is 0 Å². The summed E-state index contributed by atoms with van der Waals surface area (Å²) in [5.74, 6) is 0.670. The van der Waals surface area contributed by atoms with Crippen molar-refractivity contribution >= 4 is 6.09 Å². The van der Waals surface area contributed by atoms with E-state index >= 15 is 0 Å². The van der Waals surface area contributed by atoms with Gasteiger partial charge < -0.3 is 9.64 Å². The predicted molar refractivity (Wildman–Crippen MR) is 70.0 cm³/mol. The number of nitrogens with zero attached hydrogens (tertiary/aromatic N) is 1. The lowest BCUT2D eigenvalue weighted by Crippen LogP contribution is -2.45. The molecule has 1 heterocycles. The molecule has 0 aromatic carbocycles. The third-order valence-corrected chi connectivity index (χ3v) is 3.95. The van der Waals surface area contributed by atoms with Gasteiger partial charge in [0.05, 0.1) is 0 Å². The van der Waals surface area contributed by atoms with Gasteiger partial charge in [0.2, 0.25) is 0 Å². The summed E-state index contributed by atoms with van der Waals surface area (Å²) < 4.78 is 5.39. The van der Waals surface area contributed by atoms with E-state index in [0.717, 1.165) is 25.9 Å². The van der Waals surface area contributed by atoms with Crippen LogP contribution in [0.1, 0.15) is 54.4 Å². The van der Waals surface area contributed by atoms with Crippen molar-refractivity contribution in [3.05, 3.63) is 0 Å². The Morgan fingerprint density at radius 3 is 2.06 bits per heavy atom. The lowest BCUT2D eigenvalue weighted by Gasteiger charge is -2.42. The molecule has 1 aliphatic heterocycles. The second-order valence-corrected chi connectivity index (χ2v) is 6.78. The Hall–Kier alpha value is -0.730. The van der Waals surface area contributed by atoms with Gasteiger partial charge in [-0.05, 0) is 44.9 Å². The van der Waals surface area contributed by atoms with Gasteiger partial charge in [-0.25, -0.2) is 4.79 Å². The van der Waals surface area contributed by atoms with E-state index in [1.165, 1.54) is 0 Å². The molecular formula is C14H27NO2. The monoisotopic (exact) mass is 241 g/mol. The first-order valence-electron chi connectivity index (χ1n) is 6.62. The van der Waals surface area contributed by atoms with Gasteiger partial charge in [-0.15, -0.1) is 0 Å². The summed E-state index contributed by atoms with van der Waals surface area (Å²) in [6, 6.07) is 0. The number of hydrogen-bond donors (Lipinski definition) is 0. The average Bonchev–Trinajstić information content (AvgIpc) is 2.15. The summed E-state index contributed by atoms with van der Waals surface area (Å²) in [6.07, 6.45) is 1.98. The van der Waals surface area contributed by atoms with E-state index in [2.05, 4.69) is 20.8 Å². The summed E-state index contributed by atoms with van der Waals surface area (Å²) in [7, 11) is 0. The van der Waals surface area contributed by atoms with Gasteiger partial charge in [-0.3, -0.25) is 0 Å². The summed E-state index contributed by atoms with van der Waals surface area (Å²) in [4.78, 5) is 13.7. The van der Waals surface area contributed by atoms with Crippen LogP contribution in [0.3, 0.4) is 0 Å². The van der Waals surface area contributed by atoms with E-state index in [9.17, 15) is 4.79 Å². The lowest BCUT2D eigenvalue weighted by molar-refractivity contribution is 0.00617. The van der Waals surface area contributed by atoms with E-state index in [1.807, 2.05) is 25.7 Å². The molecule has 0 spiro atoms. The SMILES string of the molecule is CC(C)C1(C)CCN(C(=O)OC(C)(C)C)CC1. The van der Waals surface area contributed by atoms with E-state index in [4.69, 9.17) is 4.74 Å². The fraction of sp³-hybridized carbons (Fsp3) is 0.929. The molecule has 1 fully saturated rings. The molecule has 0 saturated carbocycles. The highest BCUT2D eigenvalue weighted by Crippen LogP contribution is 2.38. The zero-order valence-electron chi connectivity index (χ0n) is 12.2. The number of carbonyl (C=O) groups is 1. The van der Waals surface area contributed by atoms with Crippen LogP contribution in [0.15, 0.2) is 0 Å². The number of rotatable bonds is 1. The van der Waals surface area contributed by atoms with Crippen LogP contribution >= 0.6 is 0 Å². The van der Waals surface area contributed by atoms with Crippen LogP contribution in [0.4, 0.5) is 4.79 Å². The Morgan fingerprint density at radius 2 is 1.71 bits per heavy atom. The van der Waals surface area contributed by atoms with Crippen molar-refractivity contribution in [2.75, 3.05) is 13.1 Å². The Kier molecular flexibility index (Phi) is 4.11. The molecule has 0 atom stereocenters. The highest BCUT2D eigenvalue weighted by atomic mass is 16.6. The normalized spacial score (nSPS) is 20.5. The van der Waals surface area contributed by atoms with Crippen LogP contribution in [-0.2, 0) is 4.74 Å². The van der Waals surface area contributed by atoms with Crippen molar-refractivity contribution in [2.24, 2.45) is 11.3 Å². The predicted octanol–water partition coefficient (Wildman–Crippen LogP) is 3.68. The van der Waals surface area contributed by atoms with Crippen molar-refractivity contribution in [3.8, 4) is 0 Å². The van der Waals surface area contributed by atoms with Gasteiger partial charge in [-0.2, -0.15) is 0 Å². The van der Waals surface area contributed by atoms with E-state index in [1.54, 1.807) is 0 Å². The van der Waals surface area contributed by atoms with Crippen molar-refractivity contribution in [2.45, 2.75) is 60.0 Å². The summed E-state index contributed by atoms with van der Waals surface area (Å²) in [6.45, 7) is 14.2. The Morgan fingerprint density at radius 1 is 1.24 bits per heavy atom. The molecule has 1 aliphatic rings. The van der Waals surface area contributed by atoms with Crippen LogP contribution in [0.2, 0.25) is 0 Å². The lowest BCUT2D eigenvalue weighted by atomic mass is 9.72. The quantitative estimate of drug-likeness (QED) is 0.701. The summed E-state index contributed by atoms with van der Waals surface area (Å²) in [5, 5.41) is 0. The number of carbonyl (C=O) groups excluding carboxylic acids is 1. The summed E-state index contributed by atoms with van der Waals surface area (Å²) in [5.41, 5.74) is -0.0195. The van der Waals surface area contributed by atoms with Gasteiger partial charge in [0.1, 0.15) is 5.60 Å². The first-order valence-corrected chi connectivity index (χ1v) is 6.62. The first kappa shape index (κ1) is 14.3. The molecule has 1 saturated heterocycles. The van der Waals surface area contributed by atoms with Gasteiger partial charge in [-0.1, -0.05) is 20.8 Å². The molecule has 3 heteroatoms. The third-order valence-electron chi connectivity index (χ3n) is 3.95. The topological polar surface area (TPSA) is 29.5 Å². The fourth-order valence-corrected chi connectivity index (χ4v) is 2.10. The maximum Gasteiger partial charge on any atom is 0.410 e. The second-order valence-electron chi connectivity index (χ2n) is 6.78. The zero-order chi connectivity index (χ0) is 13.3. The van der Waals surface area contributed by atoms with Crippen LogP contribution in [0.25, 0.3) is 0 Å². The Bertz CT molecular complexity index is 270. The molecule has 0 unspecified atom stereocenters. The highest BCUT2D eigenvalue weighted by molar-refractivity contribution is 5.68. The molecule has 17 heavy (non-hydrogen) atoms. The molecule has 0 N–H and O–H groups in total. The van der Waals surface area contributed by atoms with Crippen LogP contribution in [0.5, 0.6) is 0 Å². The van der Waals surface area contributed by atoms with Crippen molar-refractivity contribution in [1.29, 1.82) is 0 Å². The van der Waals surface area contributed by atoms with Gasteiger partial charge in [0, 0.05) is 13.1 Å². The maximum atomic E-state index is 11.9. The number of ether oxygens (including phenoxy) is 1. The number of piperidine rings is 1. The Labute approximate surface area is 106 Å². The minimum absolute atomic E-state index is 0.164. The number of amides is 1. The average molecular weight is 241 g/mol. The summed E-state index contributed by atoms with van der Waals surface area (Å²) >= 11 is 0. The third kappa shape index (κ3) is 3.90. The van der Waals surface area contributed by atoms with E-state index in [0.29, 0.717) is 11.3 Å². The van der Waals surface area contributed by atoms with E-state index in [-0.39, 0.29) is 6.09 Å². The van der Waals surface area contributed by atoms with Crippen LogP contribution < -0.4 is 0 Å². The zero-order valence-corrected chi connectivity index (χ0v) is 12.2. The largest absolute Gasteiger partial charge is 0.444 e. The second kappa shape index (κ2) is 4.87. The molecule has 0 aliphatic carbocycles. The van der Waals surface area contributed by atoms with E-state index < -0.39 is 5.60 Å². The molecule has 0 aromatic rings. The molecular weight excluding hydrogens is 214 g/mol. The number of likely N-dealkylation sites (tertiary alicyclic amines) is 1. The van der Waals surface area contributed by atoms with Crippen LogP contribution in [-0.4, -0.2) is 29.7 Å². The first-order chi connectivity index (χ1) is 7.64. The van der Waals surface area contributed by atoms with Crippen molar-refractivity contribution in [1.82, 2.24) is 4.90 Å². The molecule has 0 bridgehead atoms. The molecule has 1 amide bonds. The van der Waals surface area contributed by atoms with Crippen molar-refractivity contribution in [3.63, 3.8) is 0 Å². The molecule has 0 radical (unpaired) electrons. The number of hydrogen-bond acceptors (Lipinski definition) is 2. The molecule has 100 valence electrons. The highest BCUT2D eigenvalue weighted by Gasteiger charge is 2.35. The minimum Gasteiger partial charge on any atom is -0.444 e. The molecule has 3 nitrogen and oxygen atoms in total. The molecule has 0 aromatic heterocycles. The van der Waals surface area contributed by atoms with Crippen molar-refractivity contribution < 1.29 is 9.53 Å². The Balaban J connectivity index is 2.50. The maximum absolute atomic E-state index is 11.9. The molecule has 1 rings (SSSR count). The van der Waals surface area contributed by atoms with Crippen LogP contribution in [0, 0.1) is 11.3 Å². The smallest absolute Gasteiger partial charge is 0.410 e. The standard InChI is InChI=1S/C14H27NO2/c1-11(2)14(6)7-9-15(10-8-14)12(16)17-13(3,4)5/h11H,7-10H2,1-6H3. The van der Waals surface area contributed by atoms with Gasteiger partial charge >= 0.3 is 6.09 Å². The minimum atomic E-state index is -0.393. The van der Waals surface area contributed by atoms with Gasteiger partial charge in [0.15, 0.2) is 0 Å². The fourth-order valence-electron chi connectivity index (χ4n) is 2.10.